The molecule has 6 nitrogen and oxygen atoms in total. The highest BCUT2D eigenvalue weighted by atomic mass is 19.4. The van der Waals surface area contributed by atoms with E-state index in [1.807, 2.05) is 34.9 Å². The summed E-state index contributed by atoms with van der Waals surface area (Å²) >= 11 is 0. The number of aromatic nitrogens is 2. The number of halogens is 3. The molecule has 0 spiro atoms. The monoisotopic (exact) mass is 459 g/mol. The third-order valence-electron chi connectivity index (χ3n) is 5.27. The molecule has 0 aliphatic carbocycles. The molecule has 2 atom stereocenters. The van der Waals surface area contributed by atoms with Gasteiger partial charge in [-0.15, -0.1) is 0 Å². The van der Waals surface area contributed by atoms with E-state index in [1.54, 1.807) is 30.9 Å². The molecule has 0 bridgehead atoms. The van der Waals surface area contributed by atoms with Crippen molar-refractivity contribution in [1.29, 1.82) is 0 Å². The van der Waals surface area contributed by atoms with Crippen molar-refractivity contribution in [3.63, 3.8) is 0 Å². The zero-order valence-electron chi connectivity index (χ0n) is 17.7. The van der Waals surface area contributed by atoms with Gasteiger partial charge in [-0.25, -0.2) is 15.7 Å². The van der Waals surface area contributed by atoms with Gasteiger partial charge >= 0.3 is 12.1 Å². The van der Waals surface area contributed by atoms with Gasteiger partial charge in [0.2, 0.25) is 0 Å². The van der Waals surface area contributed by atoms with Crippen molar-refractivity contribution in [2.75, 3.05) is 0 Å². The van der Waals surface area contributed by atoms with Crippen LogP contribution in [0.15, 0.2) is 79.4 Å². The van der Waals surface area contributed by atoms with E-state index in [-0.39, 0.29) is 18.9 Å². The Morgan fingerprint density at radius 1 is 1.18 bits per heavy atom. The van der Waals surface area contributed by atoms with E-state index in [0.717, 1.165) is 17.7 Å². The van der Waals surface area contributed by atoms with Crippen molar-refractivity contribution in [2.24, 2.45) is 5.90 Å². The van der Waals surface area contributed by atoms with Crippen LogP contribution >= 0.6 is 0 Å². The largest absolute Gasteiger partial charge is 0.479 e. The van der Waals surface area contributed by atoms with E-state index >= 15 is 0 Å². The first-order valence-corrected chi connectivity index (χ1v) is 10.3. The minimum absolute atomic E-state index is 0.0658. The van der Waals surface area contributed by atoms with Crippen LogP contribution in [0.3, 0.4) is 0 Å². The summed E-state index contributed by atoms with van der Waals surface area (Å²) in [5.41, 5.74) is 1.23. The molecule has 0 aliphatic rings. The molecule has 1 aromatic heterocycles. The maximum atomic E-state index is 13.4. The van der Waals surface area contributed by atoms with E-state index in [9.17, 15) is 23.1 Å². The third-order valence-corrected chi connectivity index (χ3v) is 5.27. The molecule has 3 N–H and O–H groups in total. The number of hydrogen-bond acceptors (Lipinski definition) is 4. The maximum Gasteiger partial charge on any atom is 0.416 e. The van der Waals surface area contributed by atoms with Gasteiger partial charge in [0.1, 0.15) is 0 Å². The lowest BCUT2D eigenvalue weighted by Gasteiger charge is -2.24. The second kappa shape index (κ2) is 10.9. The lowest BCUT2D eigenvalue weighted by Crippen LogP contribution is -2.26. The summed E-state index contributed by atoms with van der Waals surface area (Å²) in [4.78, 5) is 19.8. The molecule has 0 saturated carbocycles. The molecule has 33 heavy (non-hydrogen) atoms. The van der Waals surface area contributed by atoms with Crippen LogP contribution in [-0.4, -0.2) is 26.7 Å². The van der Waals surface area contributed by atoms with Gasteiger partial charge in [0.25, 0.3) is 0 Å². The lowest BCUT2D eigenvalue weighted by atomic mass is 9.90. The van der Waals surface area contributed by atoms with Gasteiger partial charge in [0.05, 0.1) is 17.9 Å². The summed E-state index contributed by atoms with van der Waals surface area (Å²) < 4.78 is 42.1. The molecule has 0 radical (unpaired) electrons. The Balaban J connectivity index is 2.05. The van der Waals surface area contributed by atoms with E-state index in [2.05, 4.69) is 9.82 Å². The van der Waals surface area contributed by atoms with Crippen LogP contribution < -0.4 is 5.90 Å². The standard InChI is InChI=1S/C24H24F3N3O3/c25-24(26,27)19-9-4-8-18(15-19)20(10-5-11-22(33-28)23(31)32)21(30-13-12-29-16-30)14-17-6-2-1-3-7-17/h1-4,6-10,12-13,15-16,21-22H,5,11,14,28H2,(H,31,32)/b20-10-. The SMILES string of the molecule is NOC(CC/C=C(/c1cccc(C(F)(F)F)c1)C(Cc1ccccc1)n1ccnc1)C(=O)O. The quantitative estimate of drug-likeness (QED) is 0.421. The average Bonchev–Trinajstić information content (AvgIpc) is 3.33. The van der Waals surface area contributed by atoms with Gasteiger partial charge < -0.3 is 9.67 Å². The summed E-state index contributed by atoms with van der Waals surface area (Å²) in [6.45, 7) is 0. The fourth-order valence-corrected chi connectivity index (χ4v) is 3.63. The van der Waals surface area contributed by atoms with Crippen LogP contribution in [0.1, 0.15) is 35.6 Å². The molecule has 0 amide bonds. The van der Waals surface area contributed by atoms with Gasteiger partial charge in [-0.3, -0.25) is 4.84 Å². The molecule has 3 aromatic rings. The van der Waals surface area contributed by atoms with Crippen molar-refractivity contribution in [3.8, 4) is 0 Å². The zero-order chi connectivity index (χ0) is 23.8. The van der Waals surface area contributed by atoms with Crippen LogP contribution in [-0.2, 0) is 22.2 Å². The average molecular weight is 459 g/mol. The Morgan fingerprint density at radius 3 is 2.55 bits per heavy atom. The third kappa shape index (κ3) is 6.53. The van der Waals surface area contributed by atoms with Crippen LogP contribution in [0.2, 0.25) is 0 Å². The first-order chi connectivity index (χ1) is 15.8. The first-order valence-electron chi connectivity index (χ1n) is 10.3. The summed E-state index contributed by atoms with van der Waals surface area (Å²) in [5.74, 6) is 3.86. The second-order valence-electron chi connectivity index (χ2n) is 7.49. The van der Waals surface area contributed by atoms with Crippen molar-refractivity contribution in [1.82, 2.24) is 9.55 Å². The molecule has 0 fully saturated rings. The number of hydrogen-bond donors (Lipinski definition) is 2. The first kappa shape index (κ1) is 24.2. The van der Waals surface area contributed by atoms with Gasteiger partial charge in [0.15, 0.2) is 6.10 Å². The van der Waals surface area contributed by atoms with Crippen LogP contribution in [0.25, 0.3) is 5.57 Å². The Hall–Kier alpha value is -3.43. The molecule has 2 aromatic carbocycles. The Kier molecular flexibility index (Phi) is 8.02. The van der Waals surface area contributed by atoms with Gasteiger partial charge in [-0.1, -0.05) is 48.5 Å². The Morgan fingerprint density at radius 2 is 1.94 bits per heavy atom. The highest BCUT2D eigenvalue weighted by Crippen LogP contribution is 2.36. The number of benzene rings is 2. The number of carboxylic acid groups (broad SMARTS) is 1. The van der Waals surface area contributed by atoms with Gasteiger partial charge in [-0.05, 0) is 48.1 Å². The lowest BCUT2D eigenvalue weighted by molar-refractivity contribution is -0.151. The van der Waals surface area contributed by atoms with Crippen molar-refractivity contribution < 1.29 is 27.9 Å². The van der Waals surface area contributed by atoms with Crippen LogP contribution in [0, 0.1) is 0 Å². The molecule has 9 heteroatoms. The Labute approximate surface area is 189 Å². The summed E-state index contributed by atoms with van der Waals surface area (Å²) in [7, 11) is 0. The van der Waals surface area contributed by atoms with Gasteiger partial charge in [0, 0.05) is 12.4 Å². The molecule has 3 rings (SSSR count). The molecule has 0 saturated heterocycles. The van der Waals surface area contributed by atoms with Crippen molar-refractivity contribution in [2.45, 2.75) is 37.6 Å². The van der Waals surface area contributed by atoms with E-state index in [0.29, 0.717) is 17.6 Å². The summed E-state index contributed by atoms with van der Waals surface area (Å²) in [6.07, 6.45) is 1.79. The predicted octanol–water partition coefficient (Wildman–Crippen LogP) is 4.89. The normalized spacial score (nSPS) is 14.1. The van der Waals surface area contributed by atoms with Crippen molar-refractivity contribution in [3.05, 3.63) is 96.1 Å². The number of alkyl halides is 3. The fourth-order valence-electron chi connectivity index (χ4n) is 3.63. The highest BCUT2D eigenvalue weighted by molar-refractivity contribution is 5.72. The molecular formula is C24H24F3N3O3. The molecule has 2 unspecified atom stereocenters. The predicted molar refractivity (Wildman–Crippen MR) is 117 cm³/mol. The fraction of sp³-hybridized carbons (Fsp3) is 0.250. The number of imidazole rings is 1. The van der Waals surface area contributed by atoms with E-state index in [1.165, 1.54) is 6.07 Å². The number of carboxylic acids is 1. The number of carbonyl (C=O) groups is 1. The smallest absolute Gasteiger partial charge is 0.416 e. The molecule has 0 aliphatic heterocycles. The van der Waals surface area contributed by atoms with Gasteiger partial charge in [-0.2, -0.15) is 13.2 Å². The van der Waals surface area contributed by atoms with E-state index in [4.69, 9.17) is 5.90 Å². The minimum Gasteiger partial charge on any atom is -0.479 e. The molecular weight excluding hydrogens is 435 g/mol. The number of aliphatic carboxylic acids is 1. The summed E-state index contributed by atoms with van der Waals surface area (Å²) in [5, 5.41) is 9.17. The molecule has 1 heterocycles. The van der Waals surface area contributed by atoms with E-state index < -0.39 is 23.8 Å². The summed E-state index contributed by atoms with van der Waals surface area (Å²) in [6, 6.07) is 14.3. The second-order valence-corrected chi connectivity index (χ2v) is 7.49. The maximum absolute atomic E-state index is 13.4. The molecule has 174 valence electrons. The number of nitrogens with zero attached hydrogens (tertiary/aromatic N) is 2. The number of rotatable bonds is 10. The van der Waals surface area contributed by atoms with Crippen molar-refractivity contribution >= 4 is 11.5 Å². The van der Waals surface area contributed by atoms with Crippen LogP contribution in [0.4, 0.5) is 13.2 Å². The topological polar surface area (TPSA) is 90.4 Å². The number of nitrogens with two attached hydrogens (primary N) is 1. The zero-order valence-corrected chi connectivity index (χ0v) is 17.7. The highest BCUT2D eigenvalue weighted by Gasteiger charge is 2.31. The Bertz CT molecular complexity index is 1070. The minimum atomic E-state index is -4.49. The number of allylic oxidation sites excluding steroid dienone is 2. The van der Waals surface area contributed by atoms with Crippen LogP contribution in [0.5, 0.6) is 0 Å².